The molecule has 0 bridgehead atoms. The fourth-order valence-corrected chi connectivity index (χ4v) is 4.46. The molecule has 3 aliphatic rings. The average Bonchev–Trinajstić information content (AvgIpc) is 2.79. The summed E-state index contributed by atoms with van der Waals surface area (Å²) in [6, 6.07) is 2.10. The molecule has 0 aromatic carbocycles. The third kappa shape index (κ3) is 3.24. The molecular formula is C19H27ClN2O2. The molecule has 1 N–H and O–H groups in total. The first kappa shape index (κ1) is 16.5. The fourth-order valence-electron chi connectivity index (χ4n) is 4.23. The number of alkyl halides is 1. The lowest BCUT2D eigenvalue weighted by molar-refractivity contribution is -0.184. The number of allylic oxidation sites excluding steroid dienone is 1. The van der Waals surface area contributed by atoms with Crippen LogP contribution in [-0.2, 0) is 11.3 Å². The quantitative estimate of drug-likeness (QED) is 0.662. The van der Waals surface area contributed by atoms with E-state index in [1.54, 1.807) is 0 Å². The van der Waals surface area contributed by atoms with E-state index in [2.05, 4.69) is 34.0 Å². The first-order chi connectivity index (χ1) is 11.6. The summed E-state index contributed by atoms with van der Waals surface area (Å²) in [6.45, 7) is 2.46. The zero-order chi connectivity index (χ0) is 16.6. The second-order valence-electron chi connectivity index (χ2n) is 7.69. The number of aliphatic hydroxyl groups is 1. The maximum Gasteiger partial charge on any atom is 0.129 e. The highest BCUT2D eigenvalue weighted by molar-refractivity contribution is 6.22. The van der Waals surface area contributed by atoms with Gasteiger partial charge in [0, 0.05) is 24.5 Å². The summed E-state index contributed by atoms with van der Waals surface area (Å²) in [6.07, 6.45) is 14.4. The van der Waals surface area contributed by atoms with Crippen molar-refractivity contribution in [3.8, 4) is 0 Å². The van der Waals surface area contributed by atoms with E-state index in [0.717, 1.165) is 23.8 Å². The molecule has 1 saturated carbocycles. The molecular weight excluding hydrogens is 324 g/mol. The van der Waals surface area contributed by atoms with E-state index in [-0.39, 0.29) is 5.38 Å². The van der Waals surface area contributed by atoms with Crippen LogP contribution in [0.1, 0.15) is 49.5 Å². The lowest BCUT2D eigenvalue weighted by Gasteiger charge is -2.38. The van der Waals surface area contributed by atoms with Gasteiger partial charge in [0.2, 0.25) is 0 Å². The van der Waals surface area contributed by atoms with Gasteiger partial charge in [0.05, 0.1) is 25.1 Å². The summed E-state index contributed by atoms with van der Waals surface area (Å²) in [4.78, 5) is 2.35. The second-order valence-corrected chi connectivity index (χ2v) is 8.16. The first-order valence-electron chi connectivity index (χ1n) is 9.23. The molecule has 4 rings (SSSR count). The molecule has 5 heteroatoms. The average molecular weight is 351 g/mol. The molecule has 24 heavy (non-hydrogen) atoms. The van der Waals surface area contributed by atoms with Crippen LogP contribution >= 0.6 is 11.6 Å². The third-order valence-corrected chi connectivity index (χ3v) is 5.98. The van der Waals surface area contributed by atoms with Crippen LogP contribution in [0, 0.1) is 5.92 Å². The molecule has 2 aliphatic heterocycles. The van der Waals surface area contributed by atoms with Crippen molar-refractivity contribution in [2.24, 2.45) is 5.92 Å². The van der Waals surface area contributed by atoms with Crippen molar-refractivity contribution in [2.45, 2.75) is 56.0 Å². The maximum absolute atomic E-state index is 10.5. The summed E-state index contributed by atoms with van der Waals surface area (Å²) < 4.78 is 7.36. The molecule has 4 nitrogen and oxygen atoms in total. The van der Waals surface area contributed by atoms with Gasteiger partial charge in [0.1, 0.15) is 11.4 Å². The fraction of sp³-hybridized carbons (Fsp3) is 0.684. The Balaban J connectivity index is 1.55. The smallest absolute Gasteiger partial charge is 0.129 e. The Bertz CT molecular complexity index is 601. The number of hydrogen-bond acceptors (Lipinski definition) is 3. The first-order valence-corrected chi connectivity index (χ1v) is 9.66. The minimum Gasteiger partial charge on any atom is -0.383 e. The standard InChI is InChI=1S/C19H27ClN2O2/c20-17-8-10-21(11-15-5-3-1-2-4-6-15)18-16(17)7-9-22(18)12-19(23)13-24-14-19/h7-10,15,17,23H,1-6,11-14H2. The van der Waals surface area contributed by atoms with Crippen molar-refractivity contribution in [3.05, 3.63) is 30.1 Å². The van der Waals surface area contributed by atoms with Crippen molar-refractivity contribution in [1.29, 1.82) is 0 Å². The Morgan fingerprint density at radius 2 is 1.96 bits per heavy atom. The Morgan fingerprint density at radius 3 is 2.62 bits per heavy atom. The van der Waals surface area contributed by atoms with Gasteiger partial charge in [-0.3, -0.25) is 0 Å². The van der Waals surface area contributed by atoms with Crippen LogP contribution in [0.2, 0.25) is 0 Å². The molecule has 1 aliphatic carbocycles. The Labute approximate surface area is 149 Å². The summed E-state index contributed by atoms with van der Waals surface area (Å²) in [7, 11) is 0. The second kappa shape index (κ2) is 6.74. The summed E-state index contributed by atoms with van der Waals surface area (Å²) in [5, 5.41) is 10.4. The zero-order valence-corrected chi connectivity index (χ0v) is 14.9. The van der Waals surface area contributed by atoms with Crippen LogP contribution in [0.15, 0.2) is 24.5 Å². The van der Waals surface area contributed by atoms with Gasteiger partial charge in [-0.25, -0.2) is 0 Å². The number of rotatable bonds is 4. The van der Waals surface area contributed by atoms with Gasteiger partial charge < -0.3 is 19.3 Å². The topological polar surface area (TPSA) is 37.6 Å². The van der Waals surface area contributed by atoms with Gasteiger partial charge in [-0.2, -0.15) is 0 Å². The maximum atomic E-state index is 10.5. The van der Waals surface area contributed by atoms with Crippen LogP contribution in [0.25, 0.3) is 0 Å². The molecule has 0 radical (unpaired) electrons. The van der Waals surface area contributed by atoms with Gasteiger partial charge in [-0.05, 0) is 30.9 Å². The Morgan fingerprint density at radius 1 is 1.21 bits per heavy atom. The molecule has 1 unspecified atom stereocenters. The monoisotopic (exact) mass is 350 g/mol. The summed E-state index contributed by atoms with van der Waals surface area (Å²) in [5.41, 5.74) is 0.417. The molecule has 1 atom stereocenters. The van der Waals surface area contributed by atoms with Crippen molar-refractivity contribution >= 4 is 17.4 Å². The minimum absolute atomic E-state index is 0.0843. The van der Waals surface area contributed by atoms with Crippen LogP contribution in [0.4, 0.5) is 5.82 Å². The molecule has 1 aromatic heterocycles. The molecule has 3 heterocycles. The minimum atomic E-state index is -0.732. The van der Waals surface area contributed by atoms with Crippen molar-refractivity contribution in [1.82, 2.24) is 4.57 Å². The van der Waals surface area contributed by atoms with E-state index in [0.29, 0.717) is 19.8 Å². The van der Waals surface area contributed by atoms with E-state index >= 15 is 0 Å². The van der Waals surface area contributed by atoms with Gasteiger partial charge in [0.15, 0.2) is 0 Å². The van der Waals surface area contributed by atoms with Crippen molar-refractivity contribution < 1.29 is 9.84 Å². The van der Waals surface area contributed by atoms with Crippen LogP contribution in [-0.4, -0.2) is 35.0 Å². The highest BCUT2D eigenvalue weighted by atomic mass is 35.5. The number of anilines is 1. The summed E-state index contributed by atoms with van der Waals surface area (Å²) >= 11 is 6.50. The number of halogens is 1. The van der Waals surface area contributed by atoms with Crippen molar-refractivity contribution in [3.63, 3.8) is 0 Å². The van der Waals surface area contributed by atoms with Gasteiger partial charge in [-0.1, -0.05) is 25.7 Å². The van der Waals surface area contributed by atoms with Crippen LogP contribution in [0.5, 0.6) is 0 Å². The number of ether oxygens (including phenoxy) is 1. The van der Waals surface area contributed by atoms with E-state index in [9.17, 15) is 5.11 Å². The molecule has 1 saturated heterocycles. The number of nitrogens with zero attached hydrogens (tertiary/aromatic N) is 2. The van der Waals surface area contributed by atoms with E-state index in [4.69, 9.17) is 16.3 Å². The Hall–Kier alpha value is -0.970. The van der Waals surface area contributed by atoms with E-state index < -0.39 is 5.60 Å². The van der Waals surface area contributed by atoms with Gasteiger partial charge >= 0.3 is 0 Å². The summed E-state index contributed by atoms with van der Waals surface area (Å²) in [5.74, 6) is 1.90. The SMILES string of the molecule is OC1(Cn2ccc3c2N(CC2CCCCCC2)C=CC3Cl)COC1. The molecule has 0 amide bonds. The number of fused-ring (bicyclic) bond motifs is 1. The van der Waals surface area contributed by atoms with E-state index in [1.807, 2.05) is 0 Å². The Kier molecular flexibility index (Phi) is 4.63. The number of aromatic nitrogens is 1. The van der Waals surface area contributed by atoms with Crippen LogP contribution in [0.3, 0.4) is 0 Å². The molecule has 2 fully saturated rings. The molecule has 132 valence electrons. The van der Waals surface area contributed by atoms with Crippen LogP contribution < -0.4 is 4.90 Å². The predicted molar refractivity (Wildman–Crippen MR) is 96.5 cm³/mol. The highest BCUT2D eigenvalue weighted by Crippen LogP contribution is 2.39. The van der Waals surface area contributed by atoms with Gasteiger partial charge in [-0.15, -0.1) is 11.6 Å². The highest BCUT2D eigenvalue weighted by Gasteiger charge is 2.38. The zero-order valence-electron chi connectivity index (χ0n) is 14.2. The van der Waals surface area contributed by atoms with E-state index in [1.165, 1.54) is 38.5 Å². The molecule has 1 aromatic rings. The predicted octanol–water partition coefficient (Wildman–Crippen LogP) is 3.83. The third-order valence-electron chi connectivity index (χ3n) is 5.60. The lowest BCUT2D eigenvalue weighted by atomic mass is 9.99. The largest absolute Gasteiger partial charge is 0.383 e. The normalized spacial score (nSPS) is 26.8. The number of hydrogen-bond donors (Lipinski definition) is 1. The van der Waals surface area contributed by atoms with Gasteiger partial charge in [0.25, 0.3) is 0 Å². The molecule has 0 spiro atoms. The lowest BCUT2D eigenvalue weighted by Crippen LogP contribution is -2.52. The van der Waals surface area contributed by atoms with Crippen molar-refractivity contribution in [2.75, 3.05) is 24.7 Å².